The molecule has 1 unspecified atom stereocenters. The van der Waals surface area contributed by atoms with Crippen LogP contribution in [-0.2, 0) is 20.9 Å². The molecule has 7 heteroatoms. The zero-order valence-corrected chi connectivity index (χ0v) is 19.4. The molecule has 0 spiro atoms. The SMILES string of the molecule is COCCN1C(=O)C(=O)/C(=C(/O)c2ccc(OCc3ccccc3)cc2)C1c1ccc(Cl)cc1. The number of amides is 1. The summed E-state index contributed by atoms with van der Waals surface area (Å²) < 4.78 is 10.9. The zero-order valence-electron chi connectivity index (χ0n) is 18.6. The van der Waals surface area contributed by atoms with Gasteiger partial charge in [-0.05, 0) is 47.5 Å². The van der Waals surface area contributed by atoms with Crippen LogP contribution in [0.2, 0.25) is 5.02 Å². The number of ketones is 1. The van der Waals surface area contributed by atoms with Gasteiger partial charge in [-0.3, -0.25) is 9.59 Å². The first-order chi connectivity index (χ1) is 16.5. The van der Waals surface area contributed by atoms with Crippen molar-refractivity contribution in [3.8, 4) is 5.75 Å². The Labute approximate surface area is 203 Å². The number of likely N-dealkylation sites (tertiary alicyclic amines) is 1. The van der Waals surface area contributed by atoms with Gasteiger partial charge in [0.05, 0.1) is 18.2 Å². The van der Waals surface area contributed by atoms with Gasteiger partial charge in [-0.25, -0.2) is 0 Å². The Morgan fingerprint density at radius 2 is 1.65 bits per heavy atom. The highest BCUT2D eigenvalue weighted by Gasteiger charge is 2.45. The van der Waals surface area contributed by atoms with Crippen molar-refractivity contribution in [2.45, 2.75) is 12.6 Å². The van der Waals surface area contributed by atoms with Crippen LogP contribution in [-0.4, -0.2) is 42.0 Å². The van der Waals surface area contributed by atoms with Gasteiger partial charge in [-0.15, -0.1) is 0 Å². The quantitative estimate of drug-likeness (QED) is 0.281. The van der Waals surface area contributed by atoms with Crippen LogP contribution in [0.25, 0.3) is 5.76 Å². The van der Waals surface area contributed by atoms with Crippen LogP contribution in [0.5, 0.6) is 5.75 Å². The number of nitrogens with zero attached hydrogens (tertiary/aromatic N) is 1. The van der Waals surface area contributed by atoms with Crippen molar-refractivity contribution >= 4 is 29.1 Å². The van der Waals surface area contributed by atoms with Crippen molar-refractivity contribution in [1.29, 1.82) is 0 Å². The highest BCUT2D eigenvalue weighted by molar-refractivity contribution is 6.46. The van der Waals surface area contributed by atoms with E-state index in [1.54, 1.807) is 48.5 Å². The molecule has 6 nitrogen and oxygen atoms in total. The second-order valence-corrected chi connectivity index (χ2v) is 8.27. The number of Topliss-reactive ketones (excluding diaryl/α,β-unsaturated/α-hetero) is 1. The second-order valence-electron chi connectivity index (χ2n) is 7.84. The van der Waals surface area contributed by atoms with Crippen LogP contribution in [0.1, 0.15) is 22.7 Å². The van der Waals surface area contributed by atoms with Gasteiger partial charge in [-0.1, -0.05) is 54.1 Å². The summed E-state index contributed by atoms with van der Waals surface area (Å²) in [5, 5.41) is 11.6. The molecule has 1 amide bonds. The average molecular weight is 478 g/mol. The molecule has 3 aromatic carbocycles. The van der Waals surface area contributed by atoms with Gasteiger partial charge in [0, 0.05) is 24.2 Å². The maximum atomic E-state index is 13.0. The number of carbonyl (C=O) groups is 2. The number of benzene rings is 3. The lowest BCUT2D eigenvalue weighted by molar-refractivity contribution is -0.140. The molecule has 34 heavy (non-hydrogen) atoms. The van der Waals surface area contributed by atoms with Gasteiger partial charge in [0.25, 0.3) is 11.7 Å². The predicted octanol–water partition coefficient (Wildman–Crippen LogP) is 4.99. The zero-order chi connectivity index (χ0) is 24.1. The summed E-state index contributed by atoms with van der Waals surface area (Å²) in [6.45, 7) is 0.870. The number of methoxy groups -OCH3 is 1. The fourth-order valence-electron chi connectivity index (χ4n) is 3.90. The summed E-state index contributed by atoms with van der Waals surface area (Å²) in [7, 11) is 1.52. The largest absolute Gasteiger partial charge is 0.507 e. The molecule has 1 atom stereocenters. The Morgan fingerprint density at radius 3 is 2.29 bits per heavy atom. The van der Waals surface area contributed by atoms with E-state index in [4.69, 9.17) is 21.1 Å². The lowest BCUT2D eigenvalue weighted by Crippen LogP contribution is -2.32. The smallest absolute Gasteiger partial charge is 0.295 e. The summed E-state index contributed by atoms with van der Waals surface area (Å²) in [5.74, 6) is -1.04. The van der Waals surface area contributed by atoms with Crippen LogP contribution in [0.4, 0.5) is 0 Å². The first-order valence-electron chi connectivity index (χ1n) is 10.8. The first-order valence-corrected chi connectivity index (χ1v) is 11.2. The molecule has 1 aliphatic rings. The van der Waals surface area contributed by atoms with Crippen LogP contribution < -0.4 is 4.74 Å². The minimum absolute atomic E-state index is 0.0291. The third kappa shape index (κ3) is 4.98. The lowest BCUT2D eigenvalue weighted by Gasteiger charge is -2.25. The van der Waals surface area contributed by atoms with Crippen molar-refractivity contribution in [3.63, 3.8) is 0 Å². The molecule has 0 aromatic heterocycles. The van der Waals surface area contributed by atoms with Gasteiger partial charge in [0.1, 0.15) is 18.1 Å². The van der Waals surface area contributed by atoms with Crippen molar-refractivity contribution in [2.24, 2.45) is 0 Å². The molecule has 1 aliphatic heterocycles. The summed E-state index contributed by atoms with van der Waals surface area (Å²) in [6, 6.07) is 22.6. The standard InChI is InChI=1S/C27H24ClNO5/c1-33-16-15-29-24(19-7-11-21(28)12-8-19)23(26(31)27(29)32)25(30)20-9-13-22(14-10-20)34-17-18-5-3-2-4-6-18/h2-14,24,30H,15-17H2,1H3/b25-23+. The molecule has 4 rings (SSSR count). The number of aliphatic hydroxyl groups excluding tert-OH is 1. The van der Waals surface area contributed by atoms with E-state index in [0.717, 1.165) is 5.56 Å². The van der Waals surface area contributed by atoms with Gasteiger partial charge in [0.15, 0.2) is 0 Å². The van der Waals surface area contributed by atoms with E-state index in [-0.39, 0.29) is 24.5 Å². The molecule has 1 saturated heterocycles. The summed E-state index contributed by atoms with van der Waals surface area (Å²) in [5.41, 5.74) is 2.15. The molecule has 1 N–H and O–H groups in total. The predicted molar refractivity (Wildman–Crippen MR) is 130 cm³/mol. The number of carbonyl (C=O) groups excluding carboxylic acids is 2. The number of aliphatic hydroxyl groups is 1. The Balaban J connectivity index is 1.65. The first kappa shape index (κ1) is 23.5. The maximum Gasteiger partial charge on any atom is 0.295 e. The van der Waals surface area contributed by atoms with Gasteiger partial charge < -0.3 is 19.5 Å². The number of rotatable bonds is 8. The topological polar surface area (TPSA) is 76.1 Å². The molecule has 174 valence electrons. The normalized spacial score (nSPS) is 17.2. The third-order valence-electron chi connectivity index (χ3n) is 5.64. The Hall–Kier alpha value is -3.61. The monoisotopic (exact) mass is 477 g/mol. The molecule has 1 fully saturated rings. The van der Waals surface area contributed by atoms with Crippen molar-refractivity contribution in [1.82, 2.24) is 4.90 Å². The van der Waals surface area contributed by atoms with Crippen LogP contribution in [0, 0.1) is 0 Å². The van der Waals surface area contributed by atoms with Gasteiger partial charge in [0.2, 0.25) is 0 Å². The average Bonchev–Trinajstić information content (AvgIpc) is 3.12. The van der Waals surface area contributed by atoms with E-state index in [2.05, 4.69) is 0 Å². The molecular formula is C27H24ClNO5. The van der Waals surface area contributed by atoms with E-state index in [1.165, 1.54) is 12.0 Å². The maximum absolute atomic E-state index is 13.0. The number of halogens is 1. The molecule has 0 radical (unpaired) electrons. The Morgan fingerprint density at radius 1 is 0.971 bits per heavy atom. The second kappa shape index (κ2) is 10.5. The molecular weight excluding hydrogens is 454 g/mol. The van der Waals surface area contributed by atoms with E-state index < -0.39 is 17.7 Å². The fourth-order valence-corrected chi connectivity index (χ4v) is 4.02. The minimum atomic E-state index is -0.749. The summed E-state index contributed by atoms with van der Waals surface area (Å²) in [4.78, 5) is 27.2. The highest BCUT2D eigenvalue weighted by Crippen LogP contribution is 2.39. The fraction of sp³-hybridized carbons (Fsp3) is 0.185. The van der Waals surface area contributed by atoms with Crippen LogP contribution >= 0.6 is 11.6 Å². The van der Waals surface area contributed by atoms with Crippen molar-refractivity contribution in [2.75, 3.05) is 20.3 Å². The molecule has 0 aliphatic carbocycles. The molecule has 0 bridgehead atoms. The van der Waals surface area contributed by atoms with E-state index in [1.807, 2.05) is 30.3 Å². The number of hydrogen-bond acceptors (Lipinski definition) is 5. The molecule has 0 saturated carbocycles. The van der Waals surface area contributed by atoms with Gasteiger partial charge >= 0.3 is 0 Å². The number of hydrogen-bond donors (Lipinski definition) is 1. The third-order valence-corrected chi connectivity index (χ3v) is 5.89. The lowest BCUT2D eigenvalue weighted by atomic mass is 9.95. The molecule has 3 aromatic rings. The number of ether oxygens (including phenoxy) is 2. The van der Waals surface area contributed by atoms with Crippen molar-refractivity contribution < 1.29 is 24.2 Å². The van der Waals surface area contributed by atoms with E-state index in [9.17, 15) is 14.7 Å². The summed E-state index contributed by atoms with van der Waals surface area (Å²) >= 11 is 6.03. The molecule has 1 heterocycles. The van der Waals surface area contributed by atoms with Gasteiger partial charge in [-0.2, -0.15) is 0 Å². The minimum Gasteiger partial charge on any atom is -0.507 e. The van der Waals surface area contributed by atoms with Crippen LogP contribution in [0.3, 0.4) is 0 Å². The van der Waals surface area contributed by atoms with Crippen LogP contribution in [0.15, 0.2) is 84.4 Å². The Kier molecular flexibility index (Phi) is 7.30. The highest BCUT2D eigenvalue weighted by atomic mass is 35.5. The van der Waals surface area contributed by atoms with E-state index >= 15 is 0 Å². The summed E-state index contributed by atoms with van der Waals surface area (Å²) in [6.07, 6.45) is 0. The van der Waals surface area contributed by atoms with Crippen molar-refractivity contribution in [3.05, 3.63) is 106 Å². The Bertz CT molecular complexity index is 1190. The van der Waals surface area contributed by atoms with E-state index in [0.29, 0.717) is 28.5 Å².